The molecule has 0 fully saturated rings. The molecule has 3 aromatic rings. The maximum absolute atomic E-state index is 13.2. The summed E-state index contributed by atoms with van der Waals surface area (Å²) >= 11 is 0. The highest BCUT2D eigenvalue weighted by Crippen LogP contribution is 2.27. The number of hydrogen-bond acceptors (Lipinski definition) is 7. The van der Waals surface area contributed by atoms with Crippen molar-refractivity contribution in [2.45, 2.75) is 57.5 Å². The molecule has 1 N–H and O–H groups in total. The van der Waals surface area contributed by atoms with Gasteiger partial charge in [0.05, 0.1) is 24.1 Å². The lowest BCUT2D eigenvalue weighted by Crippen LogP contribution is -2.31. The third kappa shape index (κ3) is 6.07. The van der Waals surface area contributed by atoms with Crippen LogP contribution >= 0.6 is 0 Å². The Bertz CT molecular complexity index is 1290. The van der Waals surface area contributed by atoms with Gasteiger partial charge in [-0.3, -0.25) is 4.79 Å². The van der Waals surface area contributed by atoms with E-state index >= 15 is 0 Å². The van der Waals surface area contributed by atoms with Gasteiger partial charge in [0.2, 0.25) is 21.7 Å². The lowest BCUT2D eigenvalue weighted by Gasteiger charge is -2.18. The van der Waals surface area contributed by atoms with Crippen LogP contribution in [0.1, 0.15) is 56.4 Å². The van der Waals surface area contributed by atoms with E-state index in [1.165, 1.54) is 37.9 Å². The molecule has 10 heteroatoms. The molecular formula is C25H32N4O5S. The van der Waals surface area contributed by atoms with E-state index in [4.69, 9.17) is 9.26 Å². The average molecular weight is 501 g/mol. The number of ether oxygens (including phenoxy) is 1. The van der Waals surface area contributed by atoms with Gasteiger partial charge in [-0.1, -0.05) is 50.2 Å². The Labute approximate surface area is 206 Å². The molecule has 0 saturated heterocycles. The van der Waals surface area contributed by atoms with Crippen molar-refractivity contribution >= 4 is 15.9 Å². The van der Waals surface area contributed by atoms with Crippen molar-refractivity contribution in [1.29, 1.82) is 0 Å². The van der Waals surface area contributed by atoms with E-state index in [2.05, 4.69) is 36.2 Å². The largest absolute Gasteiger partial charge is 0.496 e. The van der Waals surface area contributed by atoms with Crippen molar-refractivity contribution in [2.75, 3.05) is 14.2 Å². The molecule has 3 rings (SSSR count). The number of aromatic nitrogens is 2. The predicted octanol–water partition coefficient (Wildman–Crippen LogP) is 4.00. The average Bonchev–Trinajstić information content (AvgIpc) is 3.26. The number of sulfonamides is 1. The molecule has 35 heavy (non-hydrogen) atoms. The van der Waals surface area contributed by atoms with E-state index in [0.29, 0.717) is 5.82 Å². The summed E-state index contributed by atoms with van der Waals surface area (Å²) in [5.74, 6) is 0.389. The molecular weight excluding hydrogens is 468 g/mol. The van der Waals surface area contributed by atoms with Crippen LogP contribution in [0, 0.1) is 0 Å². The van der Waals surface area contributed by atoms with E-state index in [-0.39, 0.29) is 40.1 Å². The fourth-order valence-corrected chi connectivity index (χ4v) is 4.52. The van der Waals surface area contributed by atoms with Gasteiger partial charge in [0.1, 0.15) is 5.75 Å². The SMILES string of the molecule is COc1ccc(S(=O)(=O)N(C)Cc2nc(-c3ccc(C(C)(C)C)cc3)no2)cc1C(=O)NC(C)C. The molecule has 1 aromatic heterocycles. The summed E-state index contributed by atoms with van der Waals surface area (Å²) in [5, 5.41) is 6.75. The Balaban J connectivity index is 1.81. The van der Waals surface area contributed by atoms with Crippen molar-refractivity contribution in [3.8, 4) is 17.1 Å². The number of benzene rings is 2. The number of nitrogens with one attached hydrogen (secondary N) is 1. The minimum absolute atomic E-state index is 0.0226. The molecule has 0 spiro atoms. The maximum Gasteiger partial charge on any atom is 0.255 e. The van der Waals surface area contributed by atoms with E-state index < -0.39 is 15.9 Å². The molecule has 0 aliphatic heterocycles. The van der Waals surface area contributed by atoms with Crippen LogP contribution in [0.3, 0.4) is 0 Å². The Morgan fingerprint density at radius 2 is 1.80 bits per heavy atom. The van der Waals surface area contributed by atoms with E-state index in [1.54, 1.807) is 0 Å². The minimum Gasteiger partial charge on any atom is -0.496 e. The quantitative estimate of drug-likeness (QED) is 0.497. The van der Waals surface area contributed by atoms with Gasteiger partial charge in [-0.2, -0.15) is 9.29 Å². The Morgan fingerprint density at radius 1 is 1.14 bits per heavy atom. The highest BCUT2D eigenvalue weighted by atomic mass is 32.2. The van der Waals surface area contributed by atoms with Crippen LogP contribution in [0.2, 0.25) is 0 Å². The summed E-state index contributed by atoms with van der Waals surface area (Å²) in [6.07, 6.45) is 0. The summed E-state index contributed by atoms with van der Waals surface area (Å²) in [5.41, 5.74) is 2.11. The van der Waals surface area contributed by atoms with Crippen molar-refractivity contribution in [3.05, 3.63) is 59.5 Å². The number of amides is 1. The molecule has 0 unspecified atom stereocenters. The molecule has 0 bridgehead atoms. The lowest BCUT2D eigenvalue weighted by molar-refractivity contribution is 0.0940. The molecule has 9 nitrogen and oxygen atoms in total. The lowest BCUT2D eigenvalue weighted by atomic mass is 9.87. The standard InChI is InChI=1S/C25H32N4O5S/c1-16(2)26-24(30)20-14-19(12-13-21(20)33-7)35(31,32)29(6)15-22-27-23(28-34-22)17-8-10-18(11-9-17)25(3,4)5/h8-14,16H,15H2,1-7H3,(H,26,30). The molecule has 1 heterocycles. The van der Waals surface area contributed by atoms with Crippen LogP contribution in [0.5, 0.6) is 5.75 Å². The Hall–Kier alpha value is -3.24. The second-order valence-electron chi connectivity index (χ2n) is 9.59. The third-order valence-corrected chi connectivity index (χ3v) is 7.18. The summed E-state index contributed by atoms with van der Waals surface area (Å²) < 4.78 is 38.1. The number of carbonyl (C=O) groups excluding carboxylic acids is 1. The molecule has 0 radical (unpaired) electrons. The Kier molecular flexibility index (Phi) is 7.66. The summed E-state index contributed by atoms with van der Waals surface area (Å²) in [4.78, 5) is 16.9. The molecule has 0 atom stereocenters. The number of carbonyl (C=O) groups is 1. The van der Waals surface area contributed by atoms with Crippen LogP contribution < -0.4 is 10.1 Å². The van der Waals surface area contributed by atoms with Gasteiger partial charge < -0.3 is 14.6 Å². The van der Waals surface area contributed by atoms with Crippen LogP contribution in [0.15, 0.2) is 51.9 Å². The predicted molar refractivity (Wildman–Crippen MR) is 133 cm³/mol. The van der Waals surface area contributed by atoms with Gasteiger partial charge in [0.25, 0.3) is 5.91 Å². The molecule has 2 aromatic carbocycles. The maximum atomic E-state index is 13.2. The second kappa shape index (κ2) is 10.2. The first-order chi connectivity index (χ1) is 16.3. The monoisotopic (exact) mass is 500 g/mol. The first kappa shape index (κ1) is 26.4. The second-order valence-corrected chi connectivity index (χ2v) is 11.6. The van der Waals surface area contributed by atoms with E-state index in [1.807, 2.05) is 38.1 Å². The first-order valence-corrected chi connectivity index (χ1v) is 12.7. The van der Waals surface area contributed by atoms with Crippen LogP contribution in [-0.4, -0.2) is 49.0 Å². The molecule has 0 saturated carbocycles. The number of nitrogens with zero attached hydrogens (tertiary/aromatic N) is 3. The Morgan fingerprint density at radius 3 is 2.37 bits per heavy atom. The highest BCUT2D eigenvalue weighted by Gasteiger charge is 2.26. The van der Waals surface area contributed by atoms with Gasteiger partial charge in [-0.05, 0) is 43.0 Å². The third-order valence-electron chi connectivity index (χ3n) is 5.38. The zero-order chi connectivity index (χ0) is 26.0. The van der Waals surface area contributed by atoms with Gasteiger partial charge in [-0.15, -0.1) is 0 Å². The van der Waals surface area contributed by atoms with Crippen molar-refractivity contribution in [2.24, 2.45) is 0 Å². The molecule has 0 aliphatic carbocycles. The fraction of sp³-hybridized carbons (Fsp3) is 0.400. The summed E-state index contributed by atoms with van der Waals surface area (Å²) in [7, 11) is -1.12. The minimum atomic E-state index is -3.95. The van der Waals surface area contributed by atoms with Crippen molar-refractivity contribution < 1.29 is 22.5 Å². The van der Waals surface area contributed by atoms with Crippen LogP contribution in [0.4, 0.5) is 0 Å². The normalized spacial score (nSPS) is 12.3. The van der Waals surface area contributed by atoms with Gasteiger partial charge in [0, 0.05) is 18.7 Å². The fourth-order valence-electron chi connectivity index (χ4n) is 3.38. The van der Waals surface area contributed by atoms with Crippen molar-refractivity contribution in [3.63, 3.8) is 0 Å². The van der Waals surface area contributed by atoms with E-state index in [0.717, 1.165) is 9.87 Å². The topological polar surface area (TPSA) is 115 Å². The highest BCUT2D eigenvalue weighted by molar-refractivity contribution is 7.89. The van der Waals surface area contributed by atoms with Crippen molar-refractivity contribution in [1.82, 2.24) is 19.8 Å². The van der Waals surface area contributed by atoms with Gasteiger partial charge in [0.15, 0.2) is 0 Å². The van der Waals surface area contributed by atoms with Crippen LogP contribution in [-0.2, 0) is 22.0 Å². The number of rotatable bonds is 8. The first-order valence-electron chi connectivity index (χ1n) is 11.2. The molecule has 0 aliphatic rings. The zero-order valence-electron chi connectivity index (χ0n) is 21.1. The summed E-state index contributed by atoms with van der Waals surface area (Å²) in [6.45, 7) is 9.90. The smallest absolute Gasteiger partial charge is 0.255 e. The van der Waals surface area contributed by atoms with Gasteiger partial charge in [-0.25, -0.2) is 8.42 Å². The number of hydrogen-bond donors (Lipinski definition) is 1. The molecule has 1 amide bonds. The summed E-state index contributed by atoms with van der Waals surface area (Å²) in [6, 6.07) is 11.9. The number of methoxy groups -OCH3 is 1. The van der Waals surface area contributed by atoms with E-state index in [9.17, 15) is 13.2 Å². The van der Waals surface area contributed by atoms with Gasteiger partial charge >= 0.3 is 0 Å². The molecule has 188 valence electrons. The zero-order valence-corrected chi connectivity index (χ0v) is 21.9. The van der Waals surface area contributed by atoms with Crippen LogP contribution in [0.25, 0.3) is 11.4 Å².